The number of nitrogens with zero attached hydrogens (tertiary/aromatic N) is 2. The fourth-order valence-electron chi connectivity index (χ4n) is 2.94. The summed E-state index contributed by atoms with van der Waals surface area (Å²) in [5, 5.41) is 3.32. The van der Waals surface area contributed by atoms with Crippen molar-refractivity contribution in [2.75, 3.05) is 33.2 Å². The second-order valence-electron chi connectivity index (χ2n) is 6.59. The number of nitrogens with two attached hydrogens (primary N) is 1. The molecule has 5 heteroatoms. The van der Waals surface area contributed by atoms with E-state index >= 15 is 0 Å². The van der Waals surface area contributed by atoms with E-state index in [1.807, 2.05) is 20.8 Å². The lowest BCUT2D eigenvalue weighted by Gasteiger charge is -2.40. The summed E-state index contributed by atoms with van der Waals surface area (Å²) in [7, 11) is 2.19. The Kier molecular flexibility index (Phi) is 6.43. The Labute approximate surface area is 123 Å². The van der Waals surface area contributed by atoms with Gasteiger partial charge in [0.05, 0.1) is 5.54 Å². The van der Waals surface area contributed by atoms with E-state index in [-0.39, 0.29) is 11.9 Å². The highest BCUT2D eigenvalue weighted by atomic mass is 16.1. The van der Waals surface area contributed by atoms with E-state index in [2.05, 4.69) is 29.1 Å². The molecule has 2 atom stereocenters. The number of piperazine rings is 1. The molecule has 3 N–H and O–H groups in total. The van der Waals surface area contributed by atoms with Crippen LogP contribution in [0.4, 0.5) is 0 Å². The van der Waals surface area contributed by atoms with Crippen molar-refractivity contribution in [3.63, 3.8) is 0 Å². The molecule has 0 spiro atoms. The van der Waals surface area contributed by atoms with E-state index in [0.29, 0.717) is 6.04 Å². The smallest absolute Gasteiger partial charge is 0.237 e. The number of likely N-dealkylation sites (N-methyl/N-ethyl adjacent to an activating group) is 1. The average Bonchev–Trinajstić information content (AvgIpc) is 2.36. The molecule has 0 aromatic rings. The molecule has 2 unspecified atom stereocenters. The summed E-state index contributed by atoms with van der Waals surface area (Å²) in [6.07, 6.45) is 1.94. The van der Waals surface area contributed by atoms with Crippen LogP contribution in [-0.4, -0.2) is 66.6 Å². The largest absolute Gasteiger partial charge is 0.368 e. The number of nitrogens with one attached hydrogen (secondary N) is 1. The van der Waals surface area contributed by atoms with E-state index in [4.69, 9.17) is 5.73 Å². The number of carbonyl (C=O) groups is 1. The number of amides is 1. The summed E-state index contributed by atoms with van der Waals surface area (Å²) in [5.74, 6) is -0.257. The third-order valence-corrected chi connectivity index (χ3v) is 4.41. The molecule has 1 heterocycles. The standard InChI is InChI=1S/C15H32N4O/c1-6-13-11-19(10-9-18(13)5)8-7-15(4,14(16)20)17-12(2)3/h12-13,17H,6-11H2,1-5H3,(H2,16,20). The Morgan fingerprint density at radius 3 is 2.60 bits per heavy atom. The van der Waals surface area contributed by atoms with Gasteiger partial charge in [-0.25, -0.2) is 0 Å². The molecule has 0 saturated carbocycles. The first-order valence-corrected chi connectivity index (χ1v) is 7.78. The van der Waals surface area contributed by atoms with Gasteiger partial charge in [-0.2, -0.15) is 0 Å². The molecule has 1 fully saturated rings. The van der Waals surface area contributed by atoms with E-state index in [0.717, 1.165) is 32.6 Å². The lowest BCUT2D eigenvalue weighted by atomic mass is 9.95. The summed E-state index contributed by atoms with van der Waals surface area (Å²) in [4.78, 5) is 16.6. The zero-order chi connectivity index (χ0) is 15.3. The summed E-state index contributed by atoms with van der Waals surface area (Å²) >= 11 is 0. The lowest BCUT2D eigenvalue weighted by molar-refractivity contribution is -0.124. The van der Waals surface area contributed by atoms with Crippen LogP contribution in [0.15, 0.2) is 0 Å². The molecule has 1 aliphatic rings. The first kappa shape index (κ1) is 17.4. The zero-order valence-electron chi connectivity index (χ0n) is 13.8. The van der Waals surface area contributed by atoms with Crippen molar-refractivity contribution in [3.8, 4) is 0 Å². The Morgan fingerprint density at radius 1 is 1.45 bits per heavy atom. The Hall–Kier alpha value is -0.650. The summed E-state index contributed by atoms with van der Waals surface area (Å²) < 4.78 is 0. The minimum Gasteiger partial charge on any atom is -0.368 e. The molecule has 20 heavy (non-hydrogen) atoms. The van der Waals surface area contributed by atoms with Crippen LogP contribution in [0.25, 0.3) is 0 Å². The highest BCUT2D eigenvalue weighted by Gasteiger charge is 2.32. The molecule has 0 radical (unpaired) electrons. The number of primary amides is 1. The fourth-order valence-corrected chi connectivity index (χ4v) is 2.94. The van der Waals surface area contributed by atoms with Gasteiger partial charge in [0.25, 0.3) is 0 Å². The van der Waals surface area contributed by atoms with Gasteiger partial charge >= 0.3 is 0 Å². The van der Waals surface area contributed by atoms with Gasteiger partial charge < -0.3 is 20.9 Å². The van der Waals surface area contributed by atoms with Crippen molar-refractivity contribution in [1.82, 2.24) is 15.1 Å². The van der Waals surface area contributed by atoms with Crippen molar-refractivity contribution in [2.45, 2.75) is 58.2 Å². The highest BCUT2D eigenvalue weighted by molar-refractivity contribution is 5.84. The number of hydrogen-bond donors (Lipinski definition) is 2. The van der Waals surface area contributed by atoms with Gasteiger partial charge in [-0.3, -0.25) is 4.79 Å². The number of hydrogen-bond acceptors (Lipinski definition) is 4. The van der Waals surface area contributed by atoms with Crippen LogP contribution >= 0.6 is 0 Å². The first-order chi connectivity index (χ1) is 9.28. The predicted molar refractivity (Wildman–Crippen MR) is 83.6 cm³/mol. The third-order valence-electron chi connectivity index (χ3n) is 4.41. The van der Waals surface area contributed by atoms with E-state index in [9.17, 15) is 4.79 Å². The normalized spacial score (nSPS) is 24.8. The van der Waals surface area contributed by atoms with Crippen molar-refractivity contribution in [2.24, 2.45) is 5.73 Å². The van der Waals surface area contributed by atoms with Crippen molar-refractivity contribution in [1.29, 1.82) is 0 Å². The van der Waals surface area contributed by atoms with E-state index in [1.165, 1.54) is 6.42 Å². The number of rotatable bonds is 7. The van der Waals surface area contributed by atoms with Gasteiger partial charge in [-0.05, 0) is 40.7 Å². The molecule has 0 aromatic carbocycles. The average molecular weight is 284 g/mol. The van der Waals surface area contributed by atoms with Crippen molar-refractivity contribution >= 4 is 5.91 Å². The summed E-state index contributed by atoms with van der Waals surface area (Å²) in [5.41, 5.74) is 4.97. The number of carbonyl (C=O) groups excluding carboxylic acids is 1. The molecule has 0 bridgehead atoms. The Morgan fingerprint density at radius 2 is 2.10 bits per heavy atom. The van der Waals surface area contributed by atoms with Crippen molar-refractivity contribution in [3.05, 3.63) is 0 Å². The van der Waals surface area contributed by atoms with Crippen LogP contribution in [0, 0.1) is 0 Å². The maximum Gasteiger partial charge on any atom is 0.237 e. The predicted octanol–water partition coefficient (Wildman–Crippen LogP) is 0.645. The van der Waals surface area contributed by atoms with Gasteiger partial charge in [0.2, 0.25) is 5.91 Å². The molecule has 1 rings (SSSR count). The van der Waals surface area contributed by atoms with E-state index < -0.39 is 5.54 Å². The quantitative estimate of drug-likeness (QED) is 0.720. The second kappa shape index (κ2) is 7.38. The Balaban J connectivity index is 2.53. The third kappa shape index (κ3) is 4.72. The van der Waals surface area contributed by atoms with Gasteiger partial charge in [-0.1, -0.05) is 6.92 Å². The monoisotopic (exact) mass is 284 g/mol. The SMILES string of the molecule is CCC1CN(CCC(C)(NC(C)C)C(N)=O)CCN1C. The first-order valence-electron chi connectivity index (χ1n) is 7.78. The molecule has 0 aliphatic carbocycles. The molecule has 5 nitrogen and oxygen atoms in total. The topological polar surface area (TPSA) is 61.6 Å². The molecule has 1 aliphatic heterocycles. The van der Waals surface area contributed by atoms with Crippen LogP contribution in [0.1, 0.15) is 40.5 Å². The van der Waals surface area contributed by atoms with Crippen LogP contribution in [-0.2, 0) is 4.79 Å². The Bertz CT molecular complexity index is 321. The van der Waals surface area contributed by atoms with Crippen LogP contribution in [0.3, 0.4) is 0 Å². The molecule has 1 amide bonds. The van der Waals surface area contributed by atoms with Crippen molar-refractivity contribution < 1.29 is 4.79 Å². The van der Waals surface area contributed by atoms with Gasteiger partial charge in [0.1, 0.15) is 0 Å². The minimum absolute atomic E-state index is 0.253. The fraction of sp³-hybridized carbons (Fsp3) is 0.933. The van der Waals surface area contributed by atoms with Crippen LogP contribution in [0.5, 0.6) is 0 Å². The molecular formula is C15H32N4O. The van der Waals surface area contributed by atoms with Gasteiger partial charge in [-0.15, -0.1) is 0 Å². The maximum absolute atomic E-state index is 11.7. The minimum atomic E-state index is -0.612. The maximum atomic E-state index is 11.7. The van der Waals surface area contributed by atoms with Crippen LogP contribution < -0.4 is 11.1 Å². The highest BCUT2D eigenvalue weighted by Crippen LogP contribution is 2.15. The molecule has 118 valence electrons. The zero-order valence-corrected chi connectivity index (χ0v) is 13.8. The molecular weight excluding hydrogens is 252 g/mol. The van der Waals surface area contributed by atoms with Gasteiger partial charge in [0.15, 0.2) is 0 Å². The lowest BCUT2D eigenvalue weighted by Crippen LogP contribution is -2.58. The molecule has 1 saturated heterocycles. The van der Waals surface area contributed by atoms with Crippen LogP contribution in [0.2, 0.25) is 0 Å². The van der Waals surface area contributed by atoms with Gasteiger partial charge in [0, 0.05) is 38.3 Å². The second-order valence-corrected chi connectivity index (χ2v) is 6.59. The molecule has 0 aromatic heterocycles. The summed E-state index contributed by atoms with van der Waals surface area (Å²) in [6, 6.07) is 0.880. The van der Waals surface area contributed by atoms with E-state index in [1.54, 1.807) is 0 Å². The summed E-state index contributed by atoms with van der Waals surface area (Å²) in [6.45, 7) is 12.4.